The van der Waals surface area contributed by atoms with Gasteiger partial charge in [0.2, 0.25) is 0 Å². The molecule has 5 nitrogen and oxygen atoms in total. The number of pyridine rings is 1. The van der Waals surface area contributed by atoms with E-state index in [1.54, 1.807) is 24.5 Å². The Morgan fingerprint density at radius 1 is 1.00 bits per heavy atom. The van der Waals surface area contributed by atoms with Crippen molar-refractivity contribution in [3.8, 4) is 5.69 Å². The van der Waals surface area contributed by atoms with Crippen LogP contribution in [-0.4, -0.2) is 21.2 Å². The first-order valence-corrected chi connectivity index (χ1v) is 7.22. The van der Waals surface area contributed by atoms with Crippen LogP contribution < -0.4 is 5.43 Å². The maximum absolute atomic E-state index is 12.1. The average molecular weight is 304 g/mol. The summed E-state index contributed by atoms with van der Waals surface area (Å²) >= 11 is 0. The van der Waals surface area contributed by atoms with Crippen molar-refractivity contribution < 1.29 is 4.79 Å². The smallest absolute Gasteiger partial charge is 0.271 e. The summed E-state index contributed by atoms with van der Waals surface area (Å²) in [5, 5.41) is 4.13. The van der Waals surface area contributed by atoms with Crippen LogP contribution in [0.1, 0.15) is 22.8 Å². The minimum Gasteiger partial charge on any atom is -0.324 e. The normalized spacial score (nSPS) is 11.3. The number of nitrogens with zero attached hydrogens (tertiary/aromatic N) is 3. The summed E-state index contributed by atoms with van der Waals surface area (Å²) in [7, 11) is 0. The van der Waals surface area contributed by atoms with E-state index in [4.69, 9.17) is 0 Å². The van der Waals surface area contributed by atoms with Crippen molar-refractivity contribution in [1.29, 1.82) is 0 Å². The molecular weight excluding hydrogens is 288 g/mol. The van der Waals surface area contributed by atoms with Gasteiger partial charge in [0.25, 0.3) is 5.91 Å². The summed E-state index contributed by atoms with van der Waals surface area (Å²) < 4.78 is 1.98. The van der Waals surface area contributed by atoms with Gasteiger partial charge in [0.15, 0.2) is 0 Å². The molecular formula is C18H16N4O. The van der Waals surface area contributed by atoms with Crippen LogP contribution in [0.4, 0.5) is 0 Å². The van der Waals surface area contributed by atoms with Crippen molar-refractivity contribution in [3.05, 3.63) is 84.4 Å². The molecule has 0 saturated carbocycles. The van der Waals surface area contributed by atoms with Crippen LogP contribution in [-0.2, 0) is 0 Å². The Bertz CT molecular complexity index is 806. The van der Waals surface area contributed by atoms with Crippen molar-refractivity contribution in [1.82, 2.24) is 15.0 Å². The highest BCUT2D eigenvalue weighted by Crippen LogP contribution is 2.10. The summed E-state index contributed by atoms with van der Waals surface area (Å²) in [5.41, 5.74) is 5.78. The van der Waals surface area contributed by atoms with E-state index in [9.17, 15) is 4.79 Å². The van der Waals surface area contributed by atoms with Crippen LogP contribution in [0.3, 0.4) is 0 Å². The lowest BCUT2D eigenvalue weighted by molar-refractivity contribution is 0.0955. The minimum atomic E-state index is -0.238. The van der Waals surface area contributed by atoms with Crippen LogP contribution >= 0.6 is 0 Å². The molecule has 5 heteroatoms. The summed E-state index contributed by atoms with van der Waals surface area (Å²) in [5.74, 6) is -0.238. The third-order valence-corrected chi connectivity index (χ3v) is 3.46. The molecule has 0 aliphatic rings. The van der Waals surface area contributed by atoms with Gasteiger partial charge in [0.05, 0.1) is 5.71 Å². The van der Waals surface area contributed by atoms with E-state index < -0.39 is 0 Å². The number of rotatable bonds is 4. The Morgan fingerprint density at radius 3 is 2.30 bits per heavy atom. The first kappa shape index (κ1) is 14.7. The Morgan fingerprint density at radius 2 is 1.65 bits per heavy atom. The Labute approximate surface area is 134 Å². The quantitative estimate of drug-likeness (QED) is 0.595. The predicted octanol–water partition coefficient (Wildman–Crippen LogP) is 3.03. The van der Waals surface area contributed by atoms with Gasteiger partial charge in [-0.2, -0.15) is 5.10 Å². The second-order valence-electron chi connectivity index (χ2n) is 5.01. The van der Waals surface area contributed by atoms with E-state index in [2.05, 4.69) is 15.5 Å². The van der Waals surface area contributed by atoms with Crippen LogP contribution in [0.2, 0.25) is 0 Å². The van der Waals surface area contributed by atoms with E-state index in [0.717, 1.165) is 17.0 Å². The number of hydrogen-bond acceptors (Lipinski definition) is 3. The molecule has 1 amide bonds. The van der Waals surface area contributed by atoms with E-state index in [-0.39, 0.29) is 5.91 Å². The fourth-order valence-electron chi connectivity index (χ4n) is 2.15. The number of aromatic nitrogens is 2. The van der Waals surface area contributed by atoms with Gasteiger partial charge in [-0.3, -0.25) is 9.78 Å². The van der Waals surface area contributed by atoms with Crippen LogP contribution in [0.15, 0.2) is 78.4 Å². The zero-order valence-electron chi connectivity index (χ0n) is 12.7. The van der Waals surface area contributed by atoms with Gasteiger partial charge in [0, 0.05) is 41.6 Å². The molecule has 23 heavy (non-hydrogen) atoms. The van der Waals surface area contributed by atoms with Gasteiger partial charge in [-0.15, -0.1) is 0 Å². The predicted molar refractivity (Wildman–Crippen MR) is 89.7 cm³/mol. The van der Waals surface area contributed by atoms with Crippen LogP contribution in [0.5, 0.6) is 0 Å². The number of benzene rings is 1. The van der Waals surface area contributed by atoms with Gasteiger partial charge in [-0.1, -0.05) is 0 Å². The third kappa shape index (κ3) is 3.52. The van der Waals surface area contributed by atoms with Gasteiger partial charge < -0.3 is 4.57 Å². The van der Waals surface area contributed by atoms with E-state index in [1.165, 1.54) is 0 Å². The van der Waals surface area contributed by atoms with Crippen molar-refractivity contribution in [2.75, 3.05) is 0 Å². The minimum absolute atomic E-state index is 0.238. The molecule has 0 atom stereocenters. The first-order valence-electron chi connectivity index (χ1n) is 7.22. The van der Waals surface area contributed by atoms with E-state index in [0.29, 0.717) is 5.56 Å². The number of hydrazone groups is 1. The Balaban J connectivity index is 1.69. The van der Waals surface area contributed by atoms with Gasteiger partial charge in [0.1, 0.15) is 0 Å². The molecule has 0 aliphatic carbocycles. The molecule has 114 valence electrons. The highest BCUT2D eigenvalue weighted by Gasteiger charge is 2.05. The molecule has 2 heterocycles. The maximum Gasteiger partial charge on any atom is 0.271 e. The lowest BCUT2D eigenvalue weighted by atomic mass is 10.2. The molecule has 1 N–H and O–H groups in total. The molecule has 0 spiro atoms. The van der Waals surface area contributed by atoms with Crippen LogP contribution in [0.25, 0.3) is 5.69 Å². The number of carbonyl (C=O) groups excluding carboxylic acids is 1. The zero-order valence-corrected chi connectivity index (χ0v) is 12.7. The second kappa shape index (κ2) is 6.70. The highest BCUT2D eigenvalue weighted by atomic mass is 16.2. The lowest BCUT2D eigenvalue weighted by Gasteiger charge is -2.05. The number of nitrogens with one attached hydrogen (secondary N) is 1. The lowest BCUT2D eigenvalue weighted by Crippen LogP contribution is -2.19. The molecule has 3 rings (SSSR count). The van der Waals surface area contributed by atoms with Crippen molar-refractivity contribution in [3.63, 3.8) is 0 Å². The van der Waals surface area contributed by atoms with Crippen molar-refractivity contribution in [2.45, 2.75) is 6.92 Å². The fourth-order valence-corrected chi connectivity index (χ4v) is 2.15. The number of amides is 1. The van der Waals surface area contributed by atoms with Gasteiger partial charge in [-0.25, -0.2) is 5.43 Å². The number of hydrogen-bond donors (Lipinski definition) is 1. The summed E-state index contributed by atoms with van der Waals surface area (Å²) in [6.45, 7) is 1.84. The zero-order chi connectivity index (χ0) is 16.1. The topological polar surface area (TPSA) is 59.3 Å². The molecule has 0 bridgehead atoms. The highest BCUT2D eigenvalue weighted by molar-refractivity contribution is 6.00. The summed E-state index contributed by atoms with van der Waals surface area (Å²) in [4.78, 5) is 16.1. The van der Waals surface area contributed by atoms with E-state index >= 15 is 0 Å². The second-order valence-corrected chi connectivity index (χ2v) is 5.01. The average Bonchev–Trinajstić information content (AvgIpc) is 3.15. The third-order valence-electron chi connectivity index (χ3n) is 3.46. The fraction of sp³-hybridized carbons (Fsp3) is 0.0556. The van der Waals surface area contributed by atoms with Crippen molar-refractivity contribution in [2.24, 2.45) is 5.10 Å². The maximum atomic E-state index is 12.1. The molecule has 0 unspecified atom stereocenters. The molecule has 0 fully saturated rings. The standard InChI is InChI=1S/C18H16N4O/c1-14(15-8-10-19-11-9-15)20-21-18(23)16-4-6-17(7-5-16)22-12-2-3-13-22/h2-13H,1H3,(H,21,23)/b20-14+. The molecule has 0 radical (unpaired) electrons. The van der Waals surface area contributed by atoms with Gasteiger partial charge >= 0.3 is 0 Å². The Kier molecular flexibility index (Phi) is 4.29. The molecule has 1 aromatic carbocycles. The number of carbonyl (C=O) groups is 1. The molecule has 0 saturated heterocycles. The monoisotopic (exact) mass is 304 g/mol. The molecule has 2 aromatic heterocycles. The van der Waals surface area contributed by atoms with Crippen molar-refractivity contribution >= 4 is 11.6 Å². The summed E-state index contributed by atoms with van der Waals surface area (Å²) in [6.07, 6.45) is 7.29. The molecule has 3 aromatic rings. The SMILES string of the molecule is C/C(=N\NC(=O)c1ccc(-n2cccc2)cc1)c1ccncc1. The van der Waals surface area contributed by atoms with Crippen LogP contribution in [0, 0.1) is 0 Å². The molecule has 0 aliphatic heterocycles. The first-order chi connectivity index (χ1) is 11.2. The largest absolute Gasteiger partial charge is 0.324 e. The Hall–Kier alpha value is -3.21. The van der Waals surface area contributed by atoms with E-state index in [1.807, 2.05) is 60.3 Å². The van der Waals surface area contributed by atoms with Gasteiger partial charge in [-0.05, 0) is 55.5 Å². The summed E-state index contributed by atoms with van der Waals surface area (Å²) in [6, 6.07) is 15.0.